The van der Waals surface area contributed by atoms with Crippen LogP contribution in [-0.2, 0) is 0 Å². The quantitative estimate of drug-likeness (QED) is 0.478. The SMILES string of the molecule is C1CCN2CC[NH2+]C[C@H]2C1. The summed E-state index contributed by atoms with van der Waals surface area (Å²) in [4.78, 5) is 2.67. The summed E-state index contributed by atoms with van der Waals surface area (Å²) in [6, 6.07) is 0.933. The molecule has 2 saturated heterocycles. The van der Waals surface area contributed by atoms with Gasteiger partial charge in [0.2, 0.25) is 0 Å². The monoisotopic (exact) mass is 141 g/mol. The van der Waals surface area contributed by atoms with Crippen LogP contribution in [0.2, 0.25) is 0 Å². The van der Waals surface area contributed by atoms with Gasteiger partial charge in [-0.2, -0.15) is 0 Å². The van der Waals surface area contributed by atoms with Gasteiger partial charge in [0.25, 0.3) is 0 Å². The Balaban J connectivity index is 1.93. The smallest absolute Gasteiger partial charge is 0.0913 e. The molecule has 0 aliphatic carbocycles. The molecular formula is C8H17N2+. The van der Waals surface area contributed by atoms with E-state index in [1.54, 1.807) is 0 Å². The second kappa shape index (κ2) is 2.89. The molecule has 2 nitrogen and oxygen atoms in total. The molecule has 0 amide bonds. The molecule has 2 aliphatic rings. The summed E-state index contributed by atoms with van der Waals surface area (Å²) in [5.74, 6) is 0. The van der Waals surface area contributed by atoms with Crippen LogP contribution in [-0.4, -0.2) is 37.1 Å². The maximum absolute atomic E-state index is 2.67. The van der Waals surface area contributed by atoms with Crippen LogP contribution in [0.3, 0.4) is 0 Å². The molecule has 0 aromatic heterocycles. The standard InChI is InChI=1S/C8H16N2/c1-2-5-10-6-4-9-7-8(10)3-1/h8-9H,1-7H2/p+1/t8-/m1/s1. The van der Waals surface area contributed by atoms with Crippen LogP contribution in [0.1, 0.15) is 19.3 Å². The van der Waals surface area contributed by atoms with Gasteiger partial charge in [0.1, 0.15) is 0 Å². The second-order valence-electron chi connectivity index (χ2n) is 3.50. The molecule has 0 aromatic rings. The summed E-state index contributed by atoms with van der Waals surface area (Å²) in [6.45, 7) is 5.40. The molecule has 1 atom stereocenters. The third-order valence-electron chi connectivity index (χ3n) is 2.81. The van der Waals surface area contributed by atoms with Crippen LogP contribution in [0.4, 0.5) is 0 Å². The summed E-state index contributed by atoms with van der Waals surface area (Å²) >= 11 is 0. The zero-order valence-electron chi connectivity index (χ0n) is 6.55. The Morgan fingerprint density at radius 3 is 3.10 bits per heavy atom. The summed E-state index contributed by atoms with van der Waals surface area (Å²) in [5, 5.41) is 2.46. The average Bonchev–Trinajstić information content (AvgIpc) is 2.05. The number of fused-ring (bicyclic) bond motifs is 1. The molecular weight excluding hydrogens is 124 g/mol. The summed E-state index contributed by atoms with van der Waals surface area (Å²) in [5.41, 5.74) is 0. The zero-order chi connectivity index (χ0) is 6.81. The van der Waals surface area contributed by atoms with Crippen molar-refractivity contribution in [2.45, 2.75) is 25.3 Å². The van der Waals surface area contributed by atoms with Crippen molar-refractivity contribution >= 4 is 0 Å². The Morgan fingerprint density at radius 2 is 2.20 bits per heavy atom. The van der Waals surface area contributed by atoms with Gasteiger partial charge in [-0.3, -0.25) is 4.90 Å². The van der Waals surface area contributed by atoms with E-state index in [9.17, 15) is 0 Å². The number of nitrogens with zero attached hydrogens (tertiary/aromatic N) is 1. The Labute approximate surface area is 62.6 Å². The van der Waals surface area contributed by atoms with Crippen molar-refractivity contribution in [3.8, 4) is 0 Å². The molecule has 0 spiro atoms. The van der Waals surface area contributed by atoms with Gasteiger partial charge >= 0.3 is 0 Å². The number of rotatable bonds is 0. The molecule has 0 saturated carbocycles. The Kier molecular flexibility index (Phi) is 1.91. The van der Waals surface area contributed by atoms with Gasteiger partial charge in [0.05, 0.1) is 19.1 Å². The van der Waals surface area contributed by atoms with E-state index in [0.29, 0.717) is 0 Å². The van der Waals surface area contributed by atoms with Crippen LogP contribution in [0, 0.1) is 0 Å². The fraction of sp³-hybridized carbons (Fsp3) is 1.00. The third-order valence-corrected chi connectivity index (χ3v) is 2.81. The molecule has 2 aliphatic heterocycles. The first-order valence-corrected chi connectivity index (χ1v) is 4.52. The van der Waals surface area contributed by atoms with E-state index in [4.69, 9.17) is 0 Å². The number of hydrogen-bond acceptors (Lipinski definition) is 1. The molecule has 0 radical (unpaired) electrons. The summed E-state index contributed by atoms with van der Waals surface area (Å²) < 4.78 is 0. The van der Waals surface area contributed by atoms with E-state index >= 15 is 0 Å². The molecule has 0 unspecified atom stereocenters. The first kappa shape index (κ1) is 6.62. The van der Waals surface area contributed by atoms with Crippen LogP contribution in [0.25, 0.3) is 0 Å². The Hall–Kier alpha value is -0.0800. The van der Waals surface area contributed by atoms with Gasteiger partial charge in [0.15, 0.2) is 0 Å². The van der Waals surface area contributed by atoms with E-state index in [-0.39, 0.29) is 0 Å². The van der Waals surface area contributed by atoms with Crippen molar-refractivity contribution < 1.29 is 5.32 Å². The van der Waals surface area contributed by atoms with Crippen LogP contribution in [0.5, 0.6) is 0 Å². The van der Waals surface area contributed by atoms with Crippen molar-refractivity contribution in [2.24, 2.45) is 0 Å². The highest BCUT2D eigenvalue weighted by Crippen LogP contribution is 2.15. The lowest BCUT2D eigenvalue weighted by atomic mass is 10.0. The maximum Gasteiger partial charge on any atom is 0.0913 e. The minimum atomic E-state index is 0.933. The molecule has 2 heterocycles. The molecule has 2 N–H and O–H groups in total. The summed E-state index contributed by atoms with van der Waals surface area (Å²) in [7, 11) is 0. The van der Waals surface area contributed by atoms with Crippen molar-refractivity contribution in [1.82, 2.24) is 4.90 Å². The zero-order valence-corrected chi connectivity index (χ0v) is 6.55. The molecule has 2 rings (SSSR count). The van der Waals surface area contributed by atoms with Gasteiger partial charge in [-0.05, 0) is 19.4 Å². The van der Waals surface area contributed by atoms with E-state index in [1.807, 2.05) is 0 Å². The van der Waals surface area contributed by atoms with Crippen molar-refractivity contribution in [2.75, 3.05) is 26.2 Å². The third kappa shape index (κ3) is 1.18. The molecule has 0 aromatic carbocycles. The Bertz CT molecular complexity index is 87.8. The van der Waals surface area contributed by atoms with Gasteiger partial charge in [0, 0.05) is 6.54 Å². The first-order chi connectivity index (χ1) is 4.97. The molecule has 2 heteroatoms. The van der Waals surface area contributed by atoms with E-state index in [2.05, 4.69) is 10.2 Å². The highest BCUT2D eigenvalue weighted by Gasteiger charge is 2.26. The van der Waals surface area contributed by atoms with Crippen molar-refractivity contribution in [3.05, 3.63) is 0 Å². The van der Waals surface area contributed by atoms with Gasteiger partial charge < -0.3 is 5.32 Å². The maximum atomic E-state index is 2.67. The minimum absolute atomic E-state index is 0.933. The fourth-order valence-corrected chi connectivity index (χ4v) is 2.19. The topological polar surface area (TPSA) is 19.9 Å². The predicted octanol–water partition coefficient (Wildman–Crippen LogP) is -0.582. The fourth-order valence-electron chi connectivity index (χ4n) is 2.19. The Morgan fingerprint density at radius 1 is 1.20 bits per heavy atom. The number of nitrogens with two attached hydrogens (primary N) is 1. The molecule has 0 bridgehead atoms. The van der Waals surface area contributed by atoms with Crippen LogP contribution >= 0.6 is 0 Å². The molecule has 58 valence electrons. The van der Waals surface area contributed by atoms with Crippen molar-refractivity contribution in [1.29, 1.82) is 0 Å². The minimum Gasteiger partial charge on any atom is -0.344 e. The highest BCUT2D eigenvalue weighted by atomic mass is 15.2. The van der Waals surface area contributed by atoms with E-state index in [0.717, 1.165) is 6.04 Å². The lowest BCUT2D eigenvalue weighted by Gasteiger charge is -2.37. The highest BCUT2D eigenvalue weighted by molar-refractivity contribution is 4.77. The number of piperazine rings is 1. The molecule has 10 heavy (non-hydrogen) atoms. The lowest BCUT2D eigenvalue weighted by Crippen LogP contribution is -2.91. The average molecular weight is 141 g/mol. The lowest BCUT2D eigenvalue weighted by molar-refractivity contribution is -0.669. The van der Waals surface area contributed by atoms with Crippen LogP contribution < -0.4 is 5.32 Å². The van der Waals surface area contributed by atoms with Crippen LogP contribution in [0.15, 0.2) is 0 Å². The van der Waals surface area contributed by atoms with Crippen molar-refractivity contribution in [3.63, 3.8) is 0 Å². The number of hydrogen-bond donors (Lipinski definition) is 1. The number of piperidine rings is 1. The molecule has 2 fully saturated rings. The number of quaternary nitrogens is 1. The van der Waals surface area contributed by atoms with Gasteiger partial charge in [-0.1, -0.05) is 6.42 Å². The predicted molar refractivity (Wildman–Crippen MR) is 40.9 cm³/mol. The first-order valence-electron chi connectivity index (χ1n) is 4.52. The second-order valence-corrected chi connectivity index (χ2v) is 3.50. The van der Waals surface area contributed by atoms with Gasteiger partial charge in [-0.25, -0.2) is 0 Å². The normalized spacial score (nSPS) is 35.4. The largest absolute Gasteiger partial charge is 0.344 e. The van der Waals surface area contributed by atoms with E-state index in [1.165, 1.54) is 45.4 Å². The summed E-state index contributed by atoms with van der Waals surface area (Å²) in [6.07, 6.45) is 4.36. The van der Waals surface area contributed by atoms with Gasteiger partial charge in [-0.15, -0.1) is 0 Å². The van der Waals surface area contributed by atoms with E-state index < -0.39 is 0 Å².